The highest BCUT2D eigenvalue weighted by molar-refractivity contribution is 5.95. The summed E-state index contributed by atoms with van der Waals surface area (Å²) in [4.78, 5) is 30.5. The van der Waals surface area contributed by atoms with Crippen LogP contribution in [0.15, 0.2) is 53.1 Å². The summed E-state index contributed by atoms with van der Waals surface area (Å²) in [7, 11) is 1.72. The fraction of sp³-hybridized carbons (Fsp3) is 0.304. The Morgan fingerprint density at radius 2 is 1.87 bits per heavy atom. The second kappa shape index (κ2) is 8.99. The van der Waals surface area contributed by atoms with Gasteiger partial charge in [0.1, 0.15) is 0 Å². The average molecular weight is 419 g/mol. The molecule has 0 unspecified atom stereocenters. The van der Waals surface area contributed by atoms with Gasteiger partial charge in [-0.15, -0.1) is 0 Å². The van der Waals surface area contributed by atoms with Crippen LogP contribution < -0.4 is 10.6 Å². The average Bonchev–Trinajstić information content (AvgIpc) is 3.46. The summed E-state index contributed by atoms with van der Waals surface area (Å²) in [5, 5.41) is 9.86. The summed E-state index contributed by atoms with van der Waals surface area (Å²) in [6.45, 7) is 2.39. The molecule has 0 atom stereocenters. The van der Waals surface area contributed by atoms with E-state index in [1.54, 1.807) is 36.2 Å². The van der Waals surface area contributed by atoms with E-state index in [0.717, 1.165) is 29.7 Å². The van der Waals surface area contributed by atoms with Gasteiger partial charge in [0.05, 0.1) is 0 Å². The van der Waals surface area contributed by atoms with Crippen molar-refractivity contribution < 1.29 is 14.1 Å². The fourth-order valence-corrected chi connectivity index (χ4v) is 3.03. The van der Waals surface area contributed by atoms with Crippen LogP contribution in [0.3, 0.4) is 0 Å². The van der Waals surface area contributed by atoms with Gasteiger partial charge in [-0.3, -0.25) is 4.79 Å². The summed E-state index contributed by atoms with van der Waals surface area (Å²) in [6, 6.07) is 14.8. The molecule has 4 rings (SSSR count). The first kappa shape index (κ1) is 20.6. The molecule has 8 heteroatoms. The van der Waals surface area contributed by atoms with Crippen LogP contribution in [0.1, 0.15) is 34.6 Å². The molecule has 0 bridgehead atoms. The largest absolute Gasteiger partial charge is 0.349 e. The minimum atomic E-state index is -0.196. The molecule has 0 radical (unpaired) electrons. The predicted octanol–water partition coefficient (Wildman–Crippen LogP) is 3.64. The number of urea groups is 1. The fourth-order valence-electron chi connectivity index (χ4n) is 3.03. The molecule has 8 nitrogen and oxygen atoms in total. The molecule has 1 fully saturated rings. The van der Waals surface area contributed by atoms with E-state index in [4.69, 9.17) is 4.52 Å². The molecule has 160 valence electrons. The van der Waals surface area contributed by atoms with Crippen LogP contribution in [-0.2, 0) is 6.42 Å². The molecular weight excluding hydrogens is 394 g/mol. The zero-order valence-electron chi connectivity index (χ0n) is 17.6. The van der Waals surface area contributed by atoms with E-state index >= 15 is 0 Å². The van der Waals surface area contributed by atoms with E-state index in [1.807, 2.05) is 31.2 Å². The zero-order chi connectivity index (χ0) is 21.8. The van der Waals surface area contributed by atoms with Gasteiger partial charge in [0.15, 0.2) is 5.82 Å². The van der Waals surface area contributed by atoms with Crippen LogP contribution in [-0.4, -0.2) is 46.6 Å². The number of nitrogens with one attached hydrogen (secondary N) is 2. The second-order valence-electron chi connectivity index (χ2n) is 7.76. The quantitative estimate of drug-likeness (QED) is 0.609. The Morgan fingerprint density at radius 3 is 2.58 bits per heavy atom. The molecule has 3 amide bonds. The Balaban J connectivity index is 1.31. The van der Waals surface area contributed by atoms with E-state index in [9.17, 15) is 9.59 Å². The van der Waals surface area contributed by atoms with Gasteiger partial charge in [0.2, 0.25) is 0 Å². The Kier molecular flexibility index (Phi) is 5.97. The highest BCUT2D eigenvalue weighted by Crippen LogP contribution is 2.21. The van der Waals surface area contributed by atoms with E-state index < -0.39 is 0 Å². The first-order valence-corrected chi connectivity index (χ1v) is 10.3. The van der Waals surface area contributed by atoms with Crippen LogP contribution in [0.4, 0.5) is 10.5 Å². The number of hydrogen-bond donors (Lipinski definition) is 2. The van der Waals surface area contributed by atoms with E-state index in [2.05, 4.69) is 20.8 Å². The summed E-state index contributed by atoms with van der Waals surface area (Å²) >= 11 is 0. The van der Waals surface area contributed by atoms with Crippen molar-refractivity contribution in [2.24, 2.45) is 0 Å². The Morgan fingerprint density at radius 1 is 1.13 bits per heavy atom. The molecule has 1 heterocycles. The summed E-state index contributed by atoms with van der Waals surface area (Å²) in [5.74, 6) is 0.838. The van der Waals surface area contributed by atoms with E-state index in [0.29, 0.717) is 36.3 Å². The van der Waals surface area contributed by atoms with E-state index in [-0.39, 0.29) is 11.9 Å². The van der Waals surface area contributed by atoms with Gasteiger partial charge in [-0.05, 0) is 55.7 Å². The van der Waals surface area contributed by atoms with Crippen molar-refractivity contribution in [1.29, 1.82) is 0 Å². The zero-order valence-corrected chi connectivity index (χ0v) is 17.6. The number of aryl methyl sites for hydroxylation is 1. The number of likely N-dealkylation sites (N-methyl/N-ethyl adjacent to an activating group) is 1. The molecule has 0 spiro atoms. The highest BCUT2D eigenvalue weighted by atomic mass is 16.5. The van der Waals surface area contributed by atoms with Crippen molar-refractivity contribution in [1.82, 2.24) is 20.4 Å². The molecule has 0 aliphatic heterocycles. The number of amides is 3. The Bertz CT molecular complexity index is 1070. The molecule has 2 aromatic carbocycles. The maximum atomic E-state index is 12.4. The molecule has 1 aromatic heterocycles. The number of rotatable bonds is 7. The molecule has 3 aromatic rings. The van der Waals surface area contributed by atoms with Crippen LogP contribution in [0.5, 0.6) is 0 Å². The van der Waals surface area contributed by atoms with Crippen molar-refractivity contribution in [3.05, 3.63) is 65.5 Å². The summed E-state index contributed by atoms with van der Waals surface area (Å²) in [6.07, 6.45) is 2.57. The minimum absolute atomic E-state index is 0.0627. The third-order valence-electron chi connectivity index (χ3n) is 5.18. The van der Waals surface area contributed by atoms with Gasteiger partial charge in [0, 0.05) is 42.9 Å². The standard InChI is InChI=1S/C23H25N5O3/c1-15-5-3-4-6-19(15)25-23(30)28(2)14-13-20-26-22(31-27-20)17-9-7-16(8-10-17)21(29)24-18-11-12-18/h3-10,18H,11-14H2,1-2H3,(H,24,29)(H,25,30). The molecule has 31 heavy (non-hydrogen) atoms. The van der Waals surface area contributed by atoms with Crippen LogP contribution in [0.2, 0.25) is 0 Å². The van der Waals surface area contributed by atoms with Crippen molar-refractivity contribution in [2.45, 2.75) is 32.2 Å². The predicted molar refractivity (Wildman–Crippen MR) is 117 cm³/mol. The van der Waals surface area contributed by atoms with Crippen LogP contribution in [0, 0.1) is 6.92 Å². The number of benzene rings is 2. The summed E-state index contributed by atoms with van der Waals surface area (Å²) in [5.41, 5.74) is 3.14. The monoisotopic (exact) mass is 419 g/mol. The Labute approximate surface area is 180 Å². The lowest BCUT2D eigenvalue weighted by Gasteiger charge is -2.18. The smallest absolute Gasteiger partial charge is 0.321 e. The first-order chi connectivity index (χ1) is 15.0. The number of hydrogen-bond acceptors (Lipinski definition) is 5. The molecule has 1 aliphatic carbocycles. The molecule has 1 saturated carbocycles. The highest BCUT2D eigenvalue weighted by Gasteiger charge is 2.23. The lowest BCUT2D eigenvalue weighted by molar-refractivity contribution is 0.0951. The lowest BCUT2D eigenvalue weighted by atomic mass is 10.1. The van der Waals surface area contributed by atoms with Crippen molar-refractivity contribution in [3.63, 3.8) is 0 Å². The van der Waals surface area contributed by atoms with Crippen LogP contribution >= 0.6 is 0 Å². The Hall–Kier alpha value is -3.68. The number of carbonyl (C=O) groups excluding carboxylic acids is 2. The normalized spacial score (nSPS) is 13.0. The second-order valence-corrected chi connectivity index (χ2v) is 7.76. The van der Waals surface area contributed by atoms with Gasteiger partial charge in [-0.2, -0.15) is 4.98 Å². The van der Waals surface area contributed by atoms with Crippen LogP contribution in [0.25, 0.3) is 11.5 Å². The van der Waals surface area contributed by atoms with Gasteiger partial charge in [0.25, 0.3) is 11.8 Å². The summed E-state index contributed by atoms with van der Waals surface area (Å²) < 4.78 is 5.35. The maximum Gasteiger partial charge on any atom is 0.321 e. The molecular formula is C23H25N5O3. The van der Waals surface area contributed by atoms with Crippen molar-refractivity contribution >= 4 is 17.6 Å². The molecule has 2 N–H and O–H groups in total. The number of aromatic nitrogens is 2. The van der Waals surface area contributed by atoms with Gasteiger partial charge in [-0.1, -0.05) is 23.4 Å². The number of anilines is 1. The number of para-hydroxylation sites is 1. The number of carbonyl (C=O) groups is 2. The minimum Gasteiger partial charge on any atom is -0.349 e. The lowest BCUT2D eigenvalue weighted by Crippen LogP contribution is -2.33. The first-order valence-electron chi connectivity index (χ1n) is 10.3. The maximum absolute atomic E-state index is 12.4. The van der Waals surface area contributed by atoms with E-state index in [1.165, 1.54) is 0 Å². The SMILES string of the molecule is Cc1ccccc1NC(=O)N(C)CCc1noc(-c2ccc(C(=O)NC3CC3)cc2)n1. The molecule has 1 aliphatic rings. The topological polar surface area (TPSA) is 100 Å². The van der Waals surface area contributed by atoms with Gasteiger partial charge in [-0.25, -0.2) is 4.79 Å². The van der Waals surface area contributed by atoms with Crippen molar-refractivity contribution in [3.8, 4) is 11.5 Å². The van der Waals surface area contributed by atoms with Gasteiger partial charge >= 0.3 is 6.03 Å². The third kappa shape index (κ3) is 5.28. The van der Waals surface area contributed by atoms with Gasteiger partial charge < -0.3 is 20.1 Å². The third-order valence-corrected chi connectivity index (χ3v) is 5.18. The van der Waals surface area contributed by atoms with Crippen molar-refractivity contribution in [2.75, 3.05) is 18.9 Å². The molecule has 0 saturated heterocycles. The number of nitrogens with zero attached hydrogens (tertiary/aromatic N) is 3.